The highest BCUT2D eigenvalue weighted by molar-refractivity contribution is 7.91. The van der Waals surface area contributed by atoms with Crippen LogP contribution in [0.3, 0.4) is 0 Å². The molecule has 1 rings (SSSR count). The van der Waals surface area contributed by atoms with Crippen molar-refractivity contribution in [1.82, 2.24) is 9.80 Å². The lowest BCUT2D eigenvalue weighted by Gasteiger charge is -2.30. The van der Waals surface area contributed by atoms with E-state index in [4.69, 9.17) is 5.11 Å². The highest BCUT2D eigenvalue weighted by Crippen LogP contribution is 2.04. The summed E-state index contributed by atoms with van der Waals surface area (Å²) in [5.74, 6) is -1.42. The van der Waals surface area contributed by atoms with Crippen LogP contribution in [0, 0.1) is 7.05 Å². The van der Waals surface area contributed by atoms with Gasteiger partial charge < -0.3 is 14.9 Å². The molecule has 0 aliphatic carbocycles. The number of nitrogens with zero attached hydrogens (tertiary/aromatic N) is 2. The van der Waals surface area contributed by atoms with Crippen molar-refractivity contribution in [3.8, 4) is 0 Å². The van der Waals surface area contributed by atoms with Crippen LogP contribution in [0.15, 0.2) is 0 Å². The number of carboxylic acid groups (broad SMARTS) is 1. The molecule has 0 radical (unpaired) electrons. The first-order valence-corrected chi connectivity index (χ1v) is 6.88. The summed E-state index contributed by atoms with van der Waals surface area (Å²) >= 11 is 0. The molecule has 8 heteroatoms. The zero-order valence-corrected chi connectivity index (χ0v) is 10.1. The van der Waals surface area contributed by atoms with Crippen LogP contribution in [0.1, 0.15) is 0 Å². The summed E-state index contributed by atoms with van der Waals surface area (Å²) in [7, 11) is 0.414. The minimum Gasteiger partial charge on any atom is -0.480 e. The number of rotatable bonds is 4. The molecule has 0 aromatic rings. The molecule has 0 saturated carbocycles. The van der Waals surface area contributed by atoms with E-state index in [9.17, 15) is 18.0 Å². The van der Waals surface area contributed by atoms with Gasteiger partial charge in [-0.2, -0.15) is 0 Å². The molecule has 0 aromatic heterocycles. The lowest BCUT2D eigenvalue weighted by Crippen LogP contribution is -2.47. The van der Waals surface area contributed by atoms with Gasteiger partial charge in [-0.05, 0) is 0 Å². The second kappa shape index (κ2) is 5.46. The molecule has 0 atom stereocenters. The topological polar surface area (TPSA) is 95.0 Å². The number of sulfone groups is 1. The number of carbonyl (C=O) groups excluding carboxylic acids is 1. The largest absolute Gasteiger partial charge is 0.480 e. The summed E-state index contributed by atoms with van der Waals surface area (Å²) in [6.45, 7) is -0.103. The maximum absolute atomic E-state index is 11.7. The standard InChI is InChI=1S/C9H15N2O5S/c1-10(7-9(13)14)6-8(12)11-2-4-17(15,16)5-3-11/h1-7H2,(H,13,14)/q-1. The molecule has 98 valence electrons. The average molecular weight is 263 g/mol. The summed E-state index contributed by atoms with van der Waals surface area (Å²) in [5.41, 5.74) is 0. The number of amides is 1. The summed E-state index contributed by atoms with van der Waals surface area (Å²) in [4.78, 5) is 24.6. The van der Waals surface area contributed by atoms with Crippen LogP contribution in [0.4, 0.5) is 0 Å². The Balaban J connectivity index is 2.41. The predicted molar refractivity (Wildman–Crippen MR) is 59.8 cm³/mol. The first-order valence-electron chi connectivity index (χ1n) is 5.05. The molecule has 1 heterocycles. The third kappa shape index (κ3) is 4.70. The SMILES string of the molecule is [CH2-]N(CC(=O)O)CC(=O)N1CCS(=O)(=O)CC1. The van der Waals surface area contributed by atoms with Crippen LogP contribution in [-0.4, -0.2) is 72.9 Å². The van der Waals surface area contributed by atoms with E-state index in [0.29, 0.717) is 0 Å². The highest BCUT2D eigenvalue weighted by Gasteiger charge is 2.24. The first-order chi connectivity index (χ1) is 7.80. The number of carboxylic acids is 1. The van der Waals surface area contributed by atoms with Crippen LogP contribution in [-0.2, 0) is 19.4 Å². The number of hydrogen-bond acceptors (Lipinski definition) is 5. The van der Waals surface area contributed by atoms with E-state index in [0.717, 1.165) is 4.90 Å². The van der Waals surface area contributed by atoms with Crippen LogP contribution in [0.25, 0.3) is 0 Å². The van der Waals surface area contributed by atoms with Gasteiger partial charge in [-0.1, -0.05) is 0 Å². The summed E-state index contributed by atoms with van der Waals surface area (Å²) in [6.07, 6.45) is 0. The average Bonchev–Trinajstić information content (AvgIpc) is 2.15. The van der Waals surface area contributed by atoms with Gasteiger partial charge in [0.25, 0.3) is 0 Å². The number of hydrogen-bond donors (Lipinski definition) is 1. The quantitative estimate of drug-likeness (QED) is 0.615. The maximum atomic E-state index is 11.7. The fourth-order valence-electron chi connectivity index (χ4n) is 1.50. The molecule has 0 aromatic carbocycles. The van der Waals surface area contributed by atoms with E-state index >= 15 is 0 Å². The molecule has 1 N–H and O–H groups in total. The Bertz CT molecular complexity index is 392. The third-order valence-corrected chi connectivity index (χ3v) is 4.02. The van der Waals surface area contributed by atoms with E-state index in [2.05, 4.69) is 7.05 Å². The zero-order chi connectivity index (χ0) is 13.1. The molecule has 0 bridgehead atoms. The van der Waals surface area contributed by atoms with E-state index in [-0.39, 0.29) is 43.6 Å². The Kier molecular flexibility index (Phi) is 4.47. The zero-order valence-electron chi connectivity index (χ0n) is 9.33. The van der Waals surface area contributed by atoms with Gasteiger partial charge in [-0.25, -0.2) is 8.42 Å². The molecular weight excluding hydrogens is 248 g/mol. The lowest BCUT2D eigenvalue weighted by molar-refractivity contribution is -0.138. The third-order valence-electron chi connectivity index (χ3n) is 2.41. The molecule has 0 unspecified atom stereocenters. The second-order valence-electron chi connectivity index (χ2n) is 3.91. The van der Waals surface area contributed by atoms with Crippen LogP contribution < -0.4 is 0 Å². The fraction of sp³-hybridized carbons (Fsp3) is 0.667. The van der Waals surface area contributed by atoms with Gasteiger partial charge in [0.15, 0.2) is 9.84 Å². The van der Waals surface area contributed by atoms with Gasteiger partial charge in [-0.15, -0.1) is 0 Å². The van der Waals surface area contributed by atoms with Crippen molar-refractivity contribution in [2.75, 3.05) is 37.7 Å². The summed E-state index contributed by atoms with van der Waals surface area (Å²) < 4.78 is 22.3. The van der Waals surface area contributed by atoms with Gasteiger partial charge >= 0.3 is 5.97 Å². The van der Waals surface area contributed by atoms with Crippen molar-refractivity contribution >= 4 is 21.7 Å². The minimum absolute atomic E-state index is 0.0329. The monoisotopic (exact) mass is 263 g/mol. The second-order valence-corrected chi connectivity index (χ2v) is 6.22. The Morgan fingerprint density at radius 2 is 1.76 bits per heavy atom. The molecule has 1 saturated heterocycles. The van der Waals surface area contributed by atoms with Crippen molar-refractivity contribution in [2.45, 2.75) is 0 Å². The Hall–Kier alpha value is -1.15. The van der Waals surface area contributed by atoms with Crippen molar-refractivity contribution in [1.29, 1.82) is 0 Å². The fourth-order valence-corrected chi connectivity index (χ4v) is 2.70. The predicted octanol–water partition coefficient (Wildman–Crippen LogP) is -1.58. The van der Waals surface area contributed by atoms with Crippen LogP contribution in [0.2, 0.25) is 0 Å². The van der Waals surface area contributed by atoms with Gasteiger partial charge in [0.2, 0.25) is 5.91 Å². The summed E-state index contributed by atoms with van der Waals surface area (Å²) in [6, 6.07) is 0. The molecule has 7 nitrogen and oxygen atoms in total. The van der Waals surface area contributed by atoms with Gasteiger partial charge in [-0.3, -0.25) is 16.6 Å². The van der Waals surface area contributed by atoms with Crippen molar-refractivity contribution < 1.29 is 23.1 Å². The van der Waals surface area contributed by atoms with Crippen molar-refractivity contribution in [3.05, 3.63) is 7.05 Å². The highest BCUT2D eigenvalue weighted by atomic mass is 32.2. The smallest absolute Gasteiger partial charge is 0.315 e. The molecule has 0 spiro atoms. The van der Waals surface area contributed by atoms with E-state index < -0.39 is 15.8 Å². The lowest BCUT2D eigenvalue weighted by atomic mass is 10.4. The Labute approximate surface area is 99.9 Å². The maximum Gasteiger partial charge on any atom is 0.315 e. The molecule has 1 amide bonds. The number of aliphatic carboxylic acids is 1. The number of carbonyl (C=O) groups is 2. The van der Waals surface area contributed by atoms with Crippen molar-refractivity contribution in [2.24, 2.45) is 0 Å². The van der Waals surface area contributed by atoms with Gasteiger partial charge in [0.1, 0.15) is 0 Å². The van der Waals surface area contributed by atoms with Crippen molar-refractivity contribution in [3.63, 3.8) is 0 Å². The molecular formula is C9H15N2O5S-. The van der Waals surface area contributed by atoms with Gasteiger partial charge in [0, 0.05) is 13.1 Å². The molecule has 1 fully saturated rings. The Morgan fingerprint density at radius 1 is 1.24 bits per heavy atom. The molecule has 17 heavy (non-hydrogen) atoms. The normalized spacial score (nSPS) is 19.3. The molecule has 1 aliphatic rings. The van der Waals surface area contributed by atoms with E-state index in [1.54, 1.807) is 0 Å². The Morgan fingerprint density at radius 3 is 2.24 bits per heavy atom. The van der Waals surface area contributed by atoms with Crippen LogP contribution in [0.5, 0.6) is 0 Å². The first kappa shape index (κ1) is 13.9. The summed E-state index contributed by atoms with van der Waals surface area (Å²) in [5, 5.41) is 8.49. The van der Waals surface area contributed by atoms with E-state index in [1.165, 1.54) is 4.90 Å². The van der Waals surface area contributed by atoms with Crippen LogP contribution >= 0.6 is 0 Å². The minimum atomic E-state index is -3.01. The van der Waals surface area contributed by atoms with E-state index in [1.807, 2.05) is 0 Å². The molecule has 1 aliphatic heterocycles. The van der Waals surface area contributed by atoms with Gasteiger partial charge in [0.05, 0.1) is 24.6 Å².